The molecule has 0 aromatic carbocycles. The molecule has 4 heteroatoms. The quantitative estimate of drug-likeness (QED) is 0.499. The first-order valence-electron chi connectivity index (χ1n) is 7.59. The summed E-state index contributed by atoms with van der Waals surface area (Å²) in [5, 5.41) is 0. The fourth-order valence-electron chi connectivity index (χ4n) is 2.34. The molecule has 1 unspecified atom stereocenters. The SMILES string of the molecule is CCCC(CC)CC[Si](OCC)(OCC)OCC. The van der Waals surface area contributed by atoms with Crippen molar-refractivity contribution < 1.29 is 13.3 Å². The molecule has 0 bridgehead atoms. The van der Waals surface area contributed by atoms with Crippen molar-refractivity contribution in [3.63, 3.8) is 0 Å². The molecule has 0 aromatic heterocycles. The summed E-state index contributed by atoms with van der Waals surface area (Å²) in [5.74, 6) is 0.781. The van der Waals surface area contributed by atoms with Gasteiger partial charge in [0.25, 0.3) is 0 Å². The van der Waals surface area contributed by atoms with Gasteiger partial charge in [0.15, 0.2) is 0 Å². The molecule has 0 rings (SSSR count). The summed E-state index contributed by atoms with van der Waals surface area (Å²) in [7, 11) is -2.40. The van der Waals surface area contributed by atoms with Gasteiger partial charge in [-0.05, 0) is 33.1 Å². The first-order valence-corrected chi connectivity index (χ1v) is 9.52. The van der Waals surface area contributed by atoms with Gasteiger partial charge in [-0.1, -0.05) is 33.1 Å². The minimum absolute atomic E-state index is 0.677. The van der Waals surface area contributed by atoms with Gasteiger partial charge in [-0.15, -0.1) is 0 Å². The third-order valence-corrected chi connectivity index (χ3v) is 6.31. The molecule has 0 N–H and O–H groups in total. The Labute approximate surface area is 115 Å². The zero-order chi connectivity index (χ0) is 13.9. The molecule has 0 aliphatic carbocycles. The lowest BCUT2D eigenvalue weighted by atomic mass is 9.98. The Morgan fingerprint density at radius 3 is 1.61 bits per heavy atom. The van der Waals surface area contributed by atoms with Gasteiger partial charge in [0.05, 0.1) is 0 Å². The number of rotatable bonds is 12. The Hall–Kier alpha value is 0.0969. The predicted molar refractivity (Wildman–Crippen MR) is 78.7 cm³/mol. The third-order valence-electron chi connectivity index (χ3n) is 3.23. The molecule has 3 nitrogen and oxygen atoms in total. The van der Waals surface area contributed by atoms with Crippen LogP contribution in [0.4, 0.5) is 0 Å². The second kappa shape index (κ2) is 11.0. The molecule has 0 saturated heterocycles. The zero-order valence-corrected chi connectivity index (χ0v) is 14.0. The molecule has 0 spiro atoms. The van der Waals surface area contributed by atoms with E-state index in [0.717, 1.165) is 18.4 Å². The molecule has 0 saturated carbocycles. The molecule has 0 aromatic rings. The highest BCUT2D eigenvalue weighted by atomic mass is 28.4. The van der Waals surface area contributed by atoms with Gasteiger partial charge in [0.1, 0.15) is 0 Å². The molecule has 0 aliphatic rings. The molecule has 0 amide bonds. The standard InChI is InChI=1S/C14H32O3Si/c1-6-11-14(7-2)12-13-18(15-8-3,16-9-4)17-10-5/h14H,6-13H2,1-5H3. The van der Waals surface area contributed by atoms with Crippen LogP contribution in [0, 0.1) is 5.92 Å². The van der Waals surface area contributed by atoms with Gasteiger partial charge in [-0.3, -0.25) is 0 Å². The molecule has 18 heavy (non-hydrogen) atoms. The number of hydrogen-bond acceptors (Lipinski definition) is 3. The summed E-state index contributed by atoms with van der Waals surface area (Å²) in [6, 6.07) is 0.959. The Balaban J connectivity index is 4.43. The average molecular weight is 276 g/mol. The molecular formula is C14H32O3Si. The van der Waals surface area contributed by atoms with Gasteiger partial charge in [-0.2, -0.15) is 0 Å². The van der Waals surface area contributed by atoms with Gasteiger partial charge in [0, 0.05) is 25.9 Å². The van der Waals surface area contributed by atoms with Crippen molar-refractivity contribution in [2.45, 2.75) is 66.3 Å². The molecule has 110 valence electrons. The highest BCUT2D eigenvalue weighted by Crippen LogP contribution is 2.25. The first-order chi connectivity index (χ1) is 8.67. The van der Waals surface area contributed by atoms with Gasteiger partial charge in [0.2, 0.25) is 0 Å². The van der Waals surface area contributed by atoms with E-state index >= 15 is 0 Å². The predicted octanol–water partition coefficient (Wildman–Crippen LogP) is 4.25. The van der Waals surface area contributed by atoms with Crippen LogP contribution in [0.3, 0.4) is 0 Å². The molecule has 0 radical (unpaired) electrons. The third kappa shape index (κ3) is 6.88. The normalized spacial score (nSPS) is 13.8. The van der Waals surface area contributed by atoms with E-state index in [1.165, 1.54) is 19.3 Å². The Kier molecular flexibility index (Phi) is 11.0. The highest BCUT2D eigenvalue weighted by molar-refractivity contribution is 6.60. The van der Waals surface area contributed by atoms with Gasteiger partial charge in [-0.25, -0.2) is 0 Å². The monoisotopic (exact) mass is 276 g/mol. The Bertz CT molecular complexity index is 171. The van der Waals surface area contributed by atoms with Gasteiger partial charge < -0.3 is 13.3 Å². The van der Waals surface area contributed by atoms with Crippen molar-refractivity contribution in [3.05, 3.63) is 0 Å². The van der Waals surface area contributed by atoms with Crippen LogP contribution < -0.4 is 0 Å². The molecule has 0 fully saturated rings. The van der Waals surface area contributed by atoms with Crippen molar-refractivity contribution in [3.8, 4) is 0 Å². The minimum Gasteiger partial charge on any atom is -0.374 e. The van der Waals surface area contributed by atoms with Crippen molar-refractivity contribution in [1.82, 2.24) is 0 Å². The summed E-state index contributed by atoms with van der Waals surface area (Å²) in [6.45, 7) is 12.6. The summed E-state index contributed by atoms with van der Waals surface area (Å²) in [4.78, 5) is 0. The lowest BCUT2D eigenvalue weighted by Crippen LogP contribution is -2.46. The fraction of sp³-hybridized carbons (Fsp3) is 1.00. The molecule has 0 aliphatic heterocycles. The molecule has 1 atom stereocenters. The summed E-state index contributed by atoms with van der Waals surface area (Å²) < 4.78 is 17.6. The van der Waals surface area contributed by atoms with E-state index in [1.807, 2.05) is 20.8 Å². The smallest absolute Gasteiger partial charge is 0.374 e. The van der Waals surface area contributed by atoms with Gasteiger partial charge >= 0.3 is 8.80 Å². The summed E-state index contributed by atoms with van der Waals surface area (Å²) in [6.07, 6.45) is 4.95. The van der Waals surface area contributed by atoms with Crippen LogP contribution in [-0.2, 0) is 13.3 Å². The summed E-state index contributed by atoms with van der Waals surface area (Å²) >= 11 is 0. The lowest BCUT2D eigenvalue weighted by molar-refractivity contribution is 0.0694. The van der Waals surface area contributed by atoms with Crippen LogP contribution in [-0.4, -0.2) is 28.6 Å². The maximum absolute atomic E-state index is 5.88. The highest BCUT2D eigenvalue weighted by Gasteiger charge is 2.40. The summed E-state index contributed by atoms with van der Waals surface area (Å²) in [5.41, 5.74) is 0. The van der Waals surface area contributed by atoms with E-state index in [9.17, 15) is 0 Å². The second-order valence-electron chi connectivity index (χ2n) is 4.58. The largest absolute Gasteiger partial charge is 0.500 e. The van der Waals surface area contributed by atoms with Crippen molar-refractivity contribution in [2.75, 3.05) is 19.8 Å². The van der Waals surface area contributed by atoms with Crippen LogP contribution in [0.2, 0.25) is 6.04 Å². The van der Waals surface area contributed by atoms with E-state index in [4.69, 9.17) is 13.3 Å². The minimum atomic E-state index is -2.40. The van der Waals surface area contributed by atoms with Crippen molar-refractivity contribution in [2.24, 2.45) is 5.92 Å². The van der Waals surface area contributed by atoms with Crippen LogP contribution in [0.25, 0.3) is 0 Å². The Morgan fingerprint density at radius 2 is 1.28 bits per heavy atom. The van der Waals surface area contributed by atoms with E-state index in [2.05, 4.69) is 13.8 Å². The zero-order valence-electron chi connectivity index (χ0n) is 13.0. The Morgan fingerprint density at radius 1 is 0.778 bits per heavy atom. The fourth-order valence-corrected chi connectivity index (χ4v) is 5.11. The van der Waals surface area contributed by atoms with E-state index < -0.39 is 8.80 Å². The van der Waals surface area contributed by atoms with Crippen LogP contribution >= 0.6 is 0 Å². The topological polar surface area (TPSA) is 27.7 Å². The van der Waals surface area contributed by atoms with Crippen molar-refractivity contribution >= 4 is 8.80 Å². The molecular weight excluding hydrogens is 244 g/mol. The lowest BCUT2D eigenvalue weighted by Gasteiger charge is -2.29. The first kappa shape index (κ1) is 18.1. The maximum atomic E-state index is 5.88. The average Bonchev–Trinajstić information content (AvgIpc) is 2.35. The second-order valence-corrected chi connectivity index (χ2v) is 7.32. The van der Waals surface area contributed by atoms with Crippen LogP contribution in [0.15, 0.2) is 0 Å². The van der Waals surface area contributed by atoms with Crippen LogP contribution in [0.1, 0.15) is 60.3 Å². The van der Waals surface area contributed by atoms with E-state index in [1.54, 1.807) is 0 Å². The maximum Gasteiger partial charge on any atom is 0.500 e. The van der Waals surface area contributed by atoms with Crippen LogP contribution in [0.5, 0.6) is 0 Å². The van der Waals surface area contributed by atoms with E-state index in [-0.39, 0.29) is 0 Å². The van der Waals surface area contributed by atoms with E-state index in [0.29, 0.717) is 19.8 Å². The number of hydrogen-bond donors (Lipinski definition) is 0. The van der Waals surface area contributed by atoms with Crippen molar-refractivity contribution in [1.29, 1.82) is 0 Å². The molecule has 0 heterocycles.